The minimum absolute atomic E-state index is 0.266. The number of thiocarbonyl (C=S) groups is 2. The first-order chi connectivity index (χ1) is 5.83. The first-order valence-corrected chi connectivity index (χ1v) is 5.10. The molecular formula is C10H8S2. The van der Waals surface area contributed by atoms with Crippen molar-refractivity contribution in [1.82, 2.24) is 0 Å². The van der Waals surface area contributed by atoms with Crippen LogP contribution < -0.4 is 0 Å². The molecule has 4 atom stereocenters. The van der Waals surface area contributed by atoms with Crippen molar-refractivity contribution in [2.24, 2.45) is 23.2 Å². The molecule has 0 spiro atoms. The summed E-state index contributed by atoms with van der Waals surface area (Å²) in [5.74, 6) is 2.07. The highest BCUT2D eigenvalue weighted by Gasteiger charge is 2.65. The van der Waals surface area contributed by atoms with Gasteiger partial charge < -0.3 is 0 Å². The molecule has 0 aromatic carbocycles. The lowest BCUT2D eigenvalue weighted by Crippen LogP contribution is -2.64. The van der Waals surface area contributed by atoms with E-state index in [2.05, 4.69) is 18.2 Å². The van der Waals surface area contributed by atoms with Gasteiger partial charge in [0.25, 0.3) is 0 Å². The van der Waals surface area contributed by atoms with Crippen molar-refractivity contribution in [3.63, 3.8) is 0 Å². The highest BCUT2D eigenvalue weighted by atomic mass is 32.1. The molecule has 1 fully saturated rings. The number of hydrogen-bond donors (Lipinski definition) is 0. The van der Waals surface area contributed by atoms with Crippen molar-refractivity contribution >= 4 is 35.2 Å². The van der Waals surface area contributed by atoms with Gasteiger partial charge in [-0.15, -0.1) is 0 Å². The van der Waals surface area contributed by atoms with E-state index in [0.717, 1.165) is 0 Å². The van der Waals surface area contributed by atoms with E-state index >= 15 is 0 Å². The van der Waals surface area contributed by atoms with Crippen LogP contribution in [-0.4, -0.2) is 10.7 Å². The summed E-state index contributed by atoms with van der Waals surface area (Å²) in [7, 11) is 0. The van der Waals surface area contributed by atoms with E-state index in [1.807, 2.05) is 10.7 Å². The van der Waals surface area contributed by atoms with E-state index in [9.17, 15) is 0 Å². The lowest BCUT2D eigenvalue weighted by Gasteiger charge is -2.66. The normalized spacial score (nSPS) is 51.7. The van der Waals surface area contributed by atoms with Gasteiger partial charge in [-0.25, -0.2) is 0 Å². The molecular weight excluding hydrogens is 184 g/mol. The molecule has 0 nitrogen and oxygen atoms in total. The predicted octanol–water partition coefficient (Wildman–Crippen LogP) is 2.34. The topological polar surface area (TPSA) is 0 Å². The van der Waals surface area contributed by atoms with Crippen molar-refractivity contribution in [1.29, 1.82) is 0 Å². The number of rotatable bonds is 2. The molecule has 60 valence electrons. The standard InChI is InChI=1S/C10H8S2/c11-4-6-3-8-9(6)7-1-2-10(7,8)5-12/h1-5,7-9H/t7-,8+,9?,10+/m0/s1. The molecule has 0 bridgehead atoms. The quantitative estimate of drug-likeness (QED) is 0.486. The van der Waals surface area contributed by atoms with Crippen LogP contribution in [0.4, 0.5) is 0 Å². The Morgan fingerprint density at radius 3 is 2.58 bits per heavy atom. The van der Waals surface area contributed by atoms with Crippen LogP contribution in [0.25, 0.3) is 0 Å². The number of hydrogen-bond acceptors (Lipinski definition) is 2. The largest absolute Gasteiger partial charge is 0.0925 e. The molecule has 0 N–H and O–H groups in total. The molecule has 12 heavy (non-hydrogen) atoms. The van der Waals surface area contributed by atoms with Gasteiger partial charge in [0.15, 0.2) is 0 Å². The fourth-order valence-electron chi connectivity index (χ4n) is 2.79. The zero-order chi connectivity index (χ0) is 8.34. The first-order valence-electron chi connectivity index (χ1n) is 4.16. The van der Waals surface area contributed by atoms with Crippen molar-refractivity contribution in [3.05, 3.63) is 23.8 Å². The SMILES string of the molecule is S=CC1=C[C@@H]2C1[C@@H]1C=C[C@]21C=S. The summed E-state index contributed by atoms with van der Waals surface area (Å²) in [5.41, 5.74) is 1.62. The Kier molecular flexibility index (Phi) is 1.15. The lowest BCUT2D eigenvalue weighted by atomic mass is 9.36. The molecule has 1 unspecified atom stereocenters. The Labute approximate surface area is 82.3 Å². The second-order valence-corrected chi connectivity index (χ2v) is 4.31. The maximum Gasteiger partial charge on any atom is 0.0303 e. The lowest BCUT2D eigenvalue weighted by molar-refractivity contribution is 0.0159. The maximum absolute atomic E-state index is 5.06. The van der Waals surface area contributed by atoms with Gasteiger partial charge in [-0.05, 0) is 28.7 Å². The van der Waals surface area contributed by atoms with Crippen molar-refractivity contribution < 1.29 is 0 Å². The molecule has 0 amide bonds. The highest BCUT2D eigenvalue weighted by Crippen LogP contribution is 2.69. The summed E-state index contributed by atoms with van der Waals surface area (Å²) < 4.78 is 0. The molecule has 0 heterocycles. The van der Waals surface area contributed by atoms with Gasteiger partial charge in [0, 0.05) is 10.8 Å². The Bertz CT molecular complexity index is 340. The average Bonchev–Trinajstić information content (AvgIpc) is 2.05. The Morgan fingerprint density at radius 2 is 2.17 bits per heavy atom. The van der Waals surface area contributed by atoms with Gasteiger partial charge in [0.05, 0.1) is 0 Å². The van der Waals surface area contributed by atoms with Crippen molar-refractivity contribution in [2.45, 2.75) is 0 Å². The zero-order valence-electron chi connectivity index (χ0n) is 6.44. The van der Waals surface area contributed by atoms with Crippen molar-refractivity contribution in [3.8, 4) is 0 Å². The zero-order valence-corrected chi connectivity index (χ0v) is 8.07. The molecule has 2 heteroatoms. The molecule has 0 saturated heterocycles. The summed E-state index contributed by atoms with van der Waals surface area (Å²) >= 11 is 9.99. The second-order valence-electron chi connectivity index (χ2n) is 3.84. The van der Waals surface area contributed by atoms with Crippen molar-refractivity contribution in [2.75, 3.05) is 0 Å². The van der Waals surface area contributed by atoms with Crippen LogP contribution in [0.2, 0.25) is 0 Å². The summed E-state index contributed by atoms with van der Waals surface area (Å²) in [5, 5.41) is 3.76. The van der Waals surface area contributed by atoms with E-state index in [1.165, 1.54) is 5.57 Å². The Hall–Kier alpha value is -0.340. The highest BCUT2D eigenvalue weighted by molar-refractivity contribution is 7.79. The van der Waals surface area contributed by atoms with E-state index in [0.29, 0.717) is 17.8 Å². The monoisotopic (exact) mass is 192 g/mol. The Morgan fingerprint density at radius 1 is 1.33 bits per heavy atom. The predicted molar refractivity (Wildman–Crippen MR) is 57.4 cm³/mol. The van der Waals surface area contributed by atoms with Gasteiger partial charge in [-0.2, -0.15) is 0 Å². The summed E-state index contributed by atoms with van der Waals surface area (Å²) in [4.78, 5) is 0. The molecule has 3 rings (SSSR count). The summed E-state index contributed by atoms with van der Waals surface area (Å²) in [6.45, 7) is 0. The smallest absolute Gasteiger partial charge is 0.0303 e. The van der Waals surface area contributed by atoms with E-state index in [-0.39, 0.29) is 5.41 Å². The minimum Gasteiger partial charge on any atom is -0.0925 e. The third-order valence-electron chi connectivity index (χ3n) is 3.62. The molecule has 0 aliphatic heterocycles. The molecule has 0 radical (unpaired) electrons. The van der Waals surface area contributed by atoms with Gasteiger partial charge in [-0.1, -0.05) is 42.7 Å². The molecule has 0 aromatic heterocycles. The third-order valence-corrected chi connectivity index (χ3v) is 4.30. The van der Waals surface area contributed by atoms with Gasteiger partial charge >= 0.3 is 0 Å². The Balaban J connectivity index is 2.00. The van der Waals surface area contributed by atoms with Gasteiger partial charge in [-0.3, -0.25) is 0 Å². The van der Waals surface area contributed by atoms with Gasteiger partial charge in [0.2, 0.25) is 0 Å². The molecule has 0 aromatic rings. The first kappa shape index (κ1) is 7.10. The van der Waals surface area contributed by atoms with Gasteiger partial charge in [0.1, 0.15) is 0 Å². The summed E-state index contributed by atoms with van der Waals surface area (Å²) in [6.07, 6.45) is 6.80. The fraction of sp³-hybridized carbons (Fsp3) is 0.400. The molecule has 1 saturated carbocycles. The van der Waals surface area contributed by atoms with Crippen LogP contribution in [0, 0.1) is 23.2 Å². The van der Waals surface area contributed by atoms with Crippen LogP contribution >= 0.6 is 24.4 Å². The molecule has 3 aliphatic rings. The van der Waals surface area contributed by atoms with E-state index in [4.69, 9.17) is 24.4 Å². The van der Waals surface area contributed by atoms with Crippen LogP contribution in [0.5, 0.6) is 0 Å². The minimum atomic E-state index is 0.266. The number of allylic oxidation sites excluding steroid dienone is 4. The van der Waals surface area contributed by atoms with Crippen LogP contribution in [0.3, 0.4) is 0 Å². The van der Waals surface area contributed by atoms with E-state index in [1.54, 1.807) is 0 Å². The van der Waals surface area contributed by atoms with Crippen LogP contribution in [0.15, 0.2) is 23.8 Å². The summed E-state index contributed by atoms with van der Waals surface area (Å²) in [6, 6.07) is 0. The third kappa shape index (κ3) is 0.485. The van der Waals surface area contributed by atoms with Crippen LogP contribution in [0.1, 0.15) is 0 Å². The fourth-order valence-corrected chi connectivity index (χ4v) is 3.41. The number of fused-ring (bicyclic) bond motifs is 4. The van der Waals surface area contributed by atoms with E-state index < -0.39 is 0 Å². The maximum atomic E-state index is 5.06. The average molecular weight is 192 g/mol. The second kappa shape index (κ2) is 1.94. The van der Waals surface area contributed by atoms with Crippen LogP contribution in [-0.2, 0) is 0 Å². The molecule has 3 aliphatic carbocycles.